The number of carboxylic acids is 1. The van der Waals surface area contributed by atoms with Crippen LogP contribution in [0.25, 0.3) is 0 Å². The normalized spacial score (nSPS) is 14.6. The van der Waals surface area contributed by atoms with Crippen molar-refractivity contribution < 1.29 is 43.8 Å². The number of carbonyl (C=O) groups excluding carboxylic acids is 6. The number of hydrogen-bond acceptors (Lipinski definition) is 10. The Bertz CT molecular complexity index is 1020. The Balaban J connectivity index is 0. The van der Waals surface area contributed by atoms with Gasteiger partial charge in [0.15, 0.2) is 0 Å². The van der Waals surface area contributed by atoms with E-state index >= 15 is 0 Å². The van der Waals surface area contributed by atoms with Crippen LogP contribution in [0, 0.1) is 17.8 Å². The maximum absolute atomic E-state index is 13.3. The molecule has 0 aromatic heterocycles. The van der Waals surface area contributed by atoms with E-state index in [0.29, 0.717) is 32.2 Å². The predicted molar refractivity (Wildman–Crippen MR) is 175 cm³/mol. The van der Waals surface area contributed by atoms with E-state index < -0.39 is 84.8 Å². The highest BCUT2D eigenvalue weighted by atomic mass is 16.4. The monoisotopic (exact) mass is 674 g/mol. The first-order valence-electron chi connectivity index (χ1n) is 15.9. The van der Waals surface area contributed by atoms with Crippen molar-refractivity contribution in [3.8, 4) is 0 Å². The van der Waals surface area contributed by atoms with E-state index in [9.17, 15) is 33.9 Å². The number of primary amides is 1. The van der Waals surface area contributed by atoms with Crippen molar-refractivity contribution in [1.82, 2.24) is 26.6 Å². The molecule has 0 heterocycles. The number of unbranched alkanes of at least 4 members (excludes halogenated alkanes) is 1. The van der Waals surface area contributed by atoms with Crippen LogP contribution < -0.4 is 43.8 Å². The Morgan fingerprint density at radius 3 is 1.74 bits per heavy atom. The first-order chi connectivity index (χ1) is 21.8. The summed E-state index contributed by atoms with van der Waals surface area (Å²) < 4.78 is 0. The lowest BCUT2D eigenvalue weighted by Crippen LogP contribution is -2.59. The summed E-state index contributed by atoms with van der Waals surface area (Å²) in [5.74, 6) is -5.35. The van der Waals surface area contributed by atoms with Gasteiger partial charge in [-0.2, -0.15) is 0 Å². The molecule has 0 unspecified atom stereocenters. The number of amides is 6. The summed E-state index contributed by atoms with van der Waals surface area (Å²) in [4.78, 5) is 84.8. The minimum atomic E-state index is -1.32. The highest BCUT2D eigenvalue weighted by Crippen LogP contribution is 2.11. The molecule has 0 saturated carbocycles. The molecule has 0 aromatic carbocycles. The fourth-order valence-corrected chi connectivity index (χ4v) is 3.99. The summed E-state index contributed by atoms with van der Waals surface area (Å²) >= 11 is 0. The van der Waals surface area contributed by atoms with E-state index in [1.807, 2.05) is 20.8 Å². The average Bonchev–Trinajstić information content (AvgIpc) is 2.98. The van der Waals surface area contributed by atoms with Gasteiger partial charge in [-0.1, -0.05) is 48.0 Å². The predicted octanol–water partition coefficient (Wildman–Crippen LogP) is -2.19. The van der Waals surface area contributed by atoms with Crippen LogP contribution in [0.4, 0.5) is 0 Å². The van der Waals surface area contributed by atoms with E-state index in [-0.39, 0.29) is 24.2 Å². The Morgan fingerprint density at radius 2 is 1.30 bits per heavy atom. The topological polar surface area (TPSA) is 298 Å². The number of aliphatic hydroxyl groups excluding tert-OH is 1. The summed E-state index contributed by atoms with van der Waals surface area (Å²) in [6, 6.07) is -5.18. The second kappa shape index (κ2) is 24.4. The second-order valence-corrected chi connectivity index (χ2v) is 12.1. The number of carboxylic acid groups (broad SMARTS) is 1. The number of hydrogen-bond donors (Lipinski definition) is 10. The summed E-state index contributed by atoms with van der Waals surface area (Å²) in [6.07, 6.45) is 2.22. The van der Waals surface area contributed by atoms with E-state index in [2.05, 4.69) is 26.6 Å². The van der Waals surface area contributed by atoms with Crippen LogP contribution in [-0.4, -0.2) is 102 Å². The number of nitrogens with one attached hydrogen (secondary N) is 5. The number of aliphatic carboxylic acids is 1. The lowest BCUT2D eigenvalue weighted by Gasteiger charge is -2.28. The van der Waals surface area contributed by atoms with E-state index in [0.717, 1.165) is 6.92 Å². The van der Waals surface area contributed by atoms with E-state index in [1.54, 1.807) is 20.8 Å². The number of carbonyl (C=O) groups is 7. The molecule has 0 radical (unpaired) electrons. The Hall–Kier alpha value is -3.83. The second-order valence-electron chi connectivity index (χ2n) is 12.1. The van der Waals surface area contributed by atoms with E-state index in [1.165, 1.54) is 0 Å². The quantitative estimate of drug-likeness (QED) is 0.0584. The number of aliphatic hydroxyl groups is 1. The van der Waals surface area contributed by atoms with Crippen molar-refractivity contribution in [3.05, 3.63) is 0 Å². The lowest BCUT2D eigenvalue weighted by molar-refractivity contribution is -0.135. The molecule has 6 amide bonds. The van der Waals surface area contributed by atoms with Crippen molar-refractivity contribution >= 4 is 41.4 Å². The van der Waals surface area contributed by atoms with Gasteiger partial charge in [0.25, 0.3) is 5.97 Å². The molecule has 272 valence electrons. The SMILES string of the molecule is CC(=O)O.CC[C@H](C)[C@H](NC(=O)CNC(=O)[C@H](CCCCN)NC(=O)[C@@H](N)C(C)C)C(=O)N[C@@H](CC(C)C)C(=O)N[C@@H](CO)C(N)=O. The molecular weight excluding hydrogens is 616 g/mol. The largest absolute Gasteiger partial charge is 0.481 e. The van der Waals surface area contributed by atoms with Crippen molar-refractivity contribution in [3.63, 3.8) is 0 Å². The smallest absolute Gasteiger partial charge is 0.300 e. The molecule has 17 nitrogen and oxygen atoms in total. The van der Waals surface area contributed by atoms with Gasteiger partial charge in [0.1, 0.15) is 24.2 Å². The van der Waals surface area contributed by atoms with Gasteiger partial charge in [-0.15, -0.1) is 0 Å². The highest BCUT2D eigenvalue weighted by molar-refractivity contribution is 5.95. The average molecular weight is 675 g/mol. The molecule has 0 saturated heterocycles. The fraction of sp³-hybridized carbons (Fsp3) is 0.767. The van der Waals surface area contributed by atoms with Crippen molar-refractivity contribution in [2.45, 2.75) is 111 Å². The number of nitrogens with two attached hydrogens (primary N) is 3. The van der Waals surface area contributed by atoms with Gasteiger partial charge in [0.2, 0.25) is 35.4 Å². The molecule has 17 heteroatoms. The van der Waals surface area contributed by atoms with Crippen LogP contribution >= 0.6 is 0 Å². The molecule has 0 spiro atoms. The third kappa shape index (κ3) is 20.1. The zero-order chi connectivity index (χ0) is 36.9. The van der Waals surface area contributed by atoms with Gasteiger partial charge < -0.3 is 54.0 Å². The maximum atomic E-state index is 13.3. The minimum absolute atomic E-state index is 0.0302. The molecule has 0 aliphatic heterocycles. The van der Waals surface area contributed by atoms with Gasteiger partial charge in [-0.3, -0.25) is 33.6 Å². The first kappa shape index (κ1) is 45.3. The van der Waals surface area contributed by atoms with Crippen molar-refractivity contribution in [2.75, 3.05) is 19.7 Å². The van der Waals surface area contributed by atoms with Crippen LogP contribution in [0.15, 0.2) is 0 Å². The van der Waals surface area contributed by atoms with Gasteiger partial charge in [-0.25, -0.2) is 0 Å². The van der Waals surface area contributed by atoms with Gasteiger partial charge in [0.05, 0.1) is 19.2 Å². The third-order valence-electron chi connectivity index (χ3n) is 7.02. The minimum Gasteiger partial charge on any atom is -0.481 e. The van der Waals surface area contributed by atoms with Crippen molar-refractivity contribution in [1.29, 1.82) is 0 Å². The zero-order valence-electron chi connectivity index (χ0n) is 28.8. The Labute approximate surface area is 277 Å². The maximum Gasteiger partial charge on any atom is 0.300 e. The van der Waals surface area contributed by atoms with Crippen LogP contribution in [0.3, 0.4) is 0 Å². The van der Waals surface area contributed by atoms with Crippen molar-refractivity contribution in [2.24, 2.45) is 35.0 Å². The fourth-order valence-electron chi connectivity index (χ4n) is 3.99. The standard InChI is InChI=1S/C28H54N8O7.C2H4O2/c1-7-17(6)23(28(43)34-19(12-15(2)3)26(41)35-20(14-37)24(31)39)36-21(38)13-32-25(40)18(10-8-9-11-29)33-27(42)22(30)16(4)5;1-2(3)4/h15-20,22-23,37H,7-14,29-30H2,1-6H3,(H2,31,39)(H,32,40)(H,33,42)(H,34,43)(H,35,41)(H,36,38);1H3,(H,3,4)/t17-,18-,19-,20-,22-,23-;/m0./s1. The molecule has 13 N–H and O–H groups in total. The lowest BCUT2D eigenvalue weighted by atomic mass is 9.96. The molecule has 0 aliphatic rings. The molecule has 0 bridgehead atoms. The summed E-state index contributed by atoms with van der Waals surface area (Å²) in [5, 5.41) is 29.5. The first-order valence-corrected chi connectivity index (χ1v) is 15.9. The van der Waals surface area contributed by atoms with Gasteiger partial charge in [0, 0.05) is 6.92 Å². The van der Waals surface area contributed by atoms with Gasteiger partial charge in [-0.05, 0) is 50.0 Å². The van der Waals surface area contributed by atoms with E-state index in [4.69, 9.17) is 27.1 Å². The molecule has 0 fully saturated rings. The molecule has 47 heavy (non-hydrogen) atoms. The molecule has 0 aliphatic carbocycles. The van der Waals surface area contributed by atoms with Crippen LogP contribution in [-0.2, 0) is 33.6 Å². The van der Waals surface area contributed by atoms with Crippen LogP contribution in [0.5, 0.6) is 0 Å². The Morgan fingerprint density at radius 1 is 0.766 bits per heavy atom. The molecular formula is C30H58N8O9. The third-order valence-corrected chi connectivity index (χ3v) is 7.02. The summed E-state index contributed by atoms with van der Waals surface area (Å²) in [6.45, 7) is 11.1. The Kier molecular flexibility index (Phi) is 23.5. The molecule has 0 rings (SSSR count). The molecule has 0 aromatic rings. The van der Waals surface area contributed by atoms with Crippen LogP contribution in [0.1, 0.15) is 80.6 Å². The van der Waals surface area contributed by atoms with Crippen LogP contribution in [0.2, 0.25) is 0 Å². The summed E-state index contributed by atoms with van der Waals surface area (Å²) in [5.41, 5.74) is 16.7. The van der Waals surface area contributed by atoms with Gasteiger partial charge >= 0.3 is 0 Å². The molecule has 6 atom stereocenters. The number of rotatable bonds is 21. The highest BCUT2D eigenvalue weighted by Gasteiger charge is 2.32. The zero-order valence-corrected chi connectivity index (χ0v) is 28.8. The summed E-state index contributed by atoms with van der Waals surface area (Å²) in [7, 11) is 0.